The molecular formula is C17H14F3N3O5. The van der Waals surface area contributed by atoms with Crippen molar-refractivity contribution in [2.75, 3.05) is 18.9 Å². The molecule has 148 valence electrons. The Balaban J connectivity index is 1.96. The highest BCUT2D eigenvalue weighted by atomic mass is 19.4. The third-order valence-electron chi connectivity index (χ3n) is 3.40. The number of nitro benzene ring substituents is 1. The lowest BCUT2D eigenvalue weighted by Crippen LogP contribution is -2.34. The Hall–Kier alpha value is -3.63. The van der Waals surface area contributed by atoms with E-state index in [4.69, 9.17) is 0 Å². The number of likely N-dealkylation sites (N-methyl/N-ethyl adjacent to an activating group) is 1. The van der Waals surface area contributed by atoms with Gasteiger partial charge in [-0.1, -0.05) is 6.07 Å². The fourth-order valence-electron chi connectivity index (χ4n) is 2.20. The zero-order chi connectivity index (χ0) is 20.9. The lowest BCUT2D eigenvalue weighted by atomic mass is 10.2. The molecular weight excluding hydrogens is 383 g/mol. The quantitative estimate of drug-likeness (QED) is 0.596. The highest BCUT2D eigenvalue weighted by Gasteiger charge is 2.31. The second-order valence-electron chi connectivity index (χ2n) is 5.59. The van der Waals surface area contributed by atoms with Crippen LogP contribution < -0.4 is 10.1 Å². The summed E-state index contributed by atoms with van der Waals surface area (Å²) in [6.45, 7) is -0.373. The van der Waals surface area contributed by atoms with Gasteiger partial charge in [-0.2, -0.15) is 0 Å². The van der Waals surface area contributed by atoms with Gasteiger partial charge in [-0.05, 0) is 30.3 Å². The number of amides is 2. The largest absolute Gasteiger partial charge is 0.573 e. The minimum Gasteiger partial charge on any atom is -0.406 e. The van der Waals surface area contributed by atoms with Crippen LogP contribution in [0.4, 0.5) is 24.5 Å². The van der Waals surface area contributed by atoms with Gasteiger partial charge in [-0.25, -0.2) is 0 Å². The number of non-ortho nitro benzene ring substituents is 1. The van der Waals surface area contributed by atoms with Crippen molar-refractivity contribution in [2.45, 2.75) is 6.36 Å². The molecule has 0 bridgehead atoms. The summed E-state index contributed by atoms with van der Waals surface area (Å²) in [5.74, 6) is -1.65. The van der Waals surface area contributed by atoms with Crippen LogP contribution in [0.5, 0.6) is 5.75 Å². The first-order valence-electron chi connectivity index (χ1n) is 7.71. The van der Waals surface area contributed by atoms with Crippen LogP contribution in [0.25, 0.3) is 0 Å². The van der Waals surface area contributed by atoms with Crippen LogP contribution in [-0.2, 0) is 4.79 Å². The molecule has 0 spiro atoms. The number of alkyl halides is 3. The van der Waals surface area contributed by atoms with Crippen LogP contribution in [0.1, 0.15) is 10.4 Å². The number of carbonyl (C=O) groups excluding carboxylic acids is 2. The molecule has 0 aliphatic rings. The van der Waals surface area contributed by atoms with Gasteiger partial charge < -0.3 is 15.0 Å². The number of hydrogen-bond donors (Lipinski definition) is 1. The molecule has 0 saturated heterocycles. The van der Waals surface area contributed by atoms with Crippen molar-refractivity contribution < 1.29 is 32.4 Å². The van der Waals surface area contributed by atoms with Crippen molar-refractivity contribution in [3.63, 3.8) is 0 Å². The topological polar surface area (TPSA) is 102 Å². The first kappa shape index (κ1) is 20.7. The minimum atomic E-state index is -4.82. The molecule has 0 aliphatic heterocycles. The number of rotatable bonds is 6. The number of nitrogens with zero attached hydrogens (tertiary/aromatic N) is 2. The molecule has 0 unspecified atom stereocenters. The van der Waals surface area contributed by atoms with Crippen LogP contribution >= 0.6 is 0 Å². The number of ether oxygens (including phenoxy) is 1. The van der Waals surface area contributed by atoms with Gasteiger partial charge in [-0.15, -0.1) is 13.2 Å². The van der Waals surface area contributed by atoms with Crippen molar-refractivity contribution >= 4 is 23.2 Å². The Morgan fingerprint density at radius 3 is 2.39 bits per heavy atom. The van der Waals surface area contributed by atoms with E-state index in [1.165, 1.54) is 37.4 Å². The molecule has 2 aromatic carbocycles. The average molecular weight is 397 g/mol. The summed E-state index contributed by atoms with van der Waals surface area (Å²) in [5.41, 5.74) is -0.0151. The fraction of sp³-hybridized carbons (Fsp3) is 0.176. The molecule has 8 nitrogen and oxygen atoms in total. The third-order valence-corrected chi connectivity index (χ3v) is 3.40. The normalized spacial score (nSPS) is 10.9. The lowest BCUT2D eigenvalue weighted by Gasteiger charge is -2.17. The summed E-state index contributed by atoms with van der Waals surface area (Å²) in [4.78, 5) is 35.5. The van der Waals surface area contributed by atoms with Gasteiger partial charge in [0.05, 0.1) is 11.5 Å². The molecule has 0 aliphatic carbocycles. The molecule has 2 amide bonds. The van der Waals surface area contributed by atoms with E-state index in [9.17, 15) is 32.9 Å². The molecule has 0 fully saturated rings. The van der Waals surface area contributed by atoms with Gasteiger partial charge in [0.25, 0.3) is 11.6 Å². The summed E-state index contributed by atoms with van der Waals surface area (Å²) in [5, 5.41) is 13.2. The molecule has 2 aromatic rings. The van der Waals surface area contributed by atoms with Crippen molar-refractivity contribution in [3.8, 4) is 5.75 Å². The summed E-state index contributed by atoms with van der Waals surface area (Å²) < 4.78 is 40.1. The van der Waals surface area contributed by atoms with Crippen LogP contribution in [0.2, 0.25) is 0 Å². The molecule has 11 heteroatoms. The first-order chi connectivity index (χ1) is 13.0. The number of anilines is 1. The molecule has 0 aromatic heterocycles. The van der Waals surface area contributed by atoms with Crippen LogP contribution in [0.15, 0.2) is 48.5 Å². The second kappa shape index (κ2) is 8.37. The number of carbonyl (C=O) groups is 2. The Morgan fingerprint density at radius 2 is 1.82 bits per heavy atom. The van der Waals surface area contributed by atoms with Gasteiger partial charge in [0.1, 0.15) is 5.75 Å². The van der Waals surface area contributed by atoms with E-state index in [1.54, 1.807) is 0 Å². The number of hydrogen-bond acceptors (Lipinski definition) is 5. The van der Waals surface area contributed by atoms with Gasteiger partial charge in [0.15, 0.2) is 0 Å². The number of nitrogens with one attached hydrogen (secondary N) is 1. The summed E-state index contributed by atoms with van der Waals surface area (Å²) in [6, 6.07) is 9.53. The maximum Gasteiger partial charge on any atom is 0.573 e. The maximum absolute atomic E-state index is 12.3. The maximum atomic E-state index is 12.3. The number of nitro groups is 1. The van der Waals surface area contributed by atoms with Crippen LogP contribution in [0.3, 0.4) is 0 Å². The molecule has 0 radical (unpaired) electrons. The van der Waals surface area contributed by atoms with E-state index in [-0.39, 0.29) is 23.5 Å². The summed E-state index contributed by atoms with van der Waals surface area (Å²) >= 11 is 0. The third kappa shape index (κ3) is 5.97. The van der Waals surface area contributed by atoms with E-state index >= 15 is 0 Å². The first-order valence-corrected chi connectivity index (χ1v) is 7.71. The molecule has 28 heavy (non-hydrogen) atoms. The van der Waals surface area contributed by atoms with Crippen molar-refractivity contribution in [1.29, 1.82) is 0 Å². The molecule has 0 heterocycles. The Morgan fingerprint density at radius 1 is 1.18 bits per heavy atom. The molecule has 1 N–H and O–H groups in total. The van der Waals surface area contributed by atoms with Crippen LogP contribution in [0, 0.1) is 10.1 Å². The Labute approximate surface area is 156 Å². The predicted octanol–water partition coefficient (Wildman–Crippen LogP) is 3.20. The van der Waals surface area contributed by atoms with Crippen LogP contribution in [-0.4, -0.2) is 41.6 Å². The standard InChI is InChI=1S/C17H14F3N3O5/c1-22(16(25)11-3-2-4-13(9-11)23(26)27)10-15(24)21-12-5-7-14(8-6-12)28-17(18,19)20/h2-9H,10H2,1H3,(H,21,24). The van der Waals surface area contributed by atoms with E-state index in [2.05, 4.69) is 10.1 Å². The van der Waals surface area contributed by atoms with E-state index in [0.717, 1.165) is 23.1 Å². The summed E-state index contributed by atoms with van der Waals surface area (Å²) in [7, 11) is 1.33. The number of benzene rings is 2. The zero-order valence-electron chi connectivity index (χ0n) is 14.4. The molecule has 0 atom stereocenters. The van der Waals surface area contributed by atoms with Crippen molar-refractivity contribution in [2.24, 2.45) is 0 Å². The zero-order valence-corrected chi connectivity index (χ0v) is 14.4. The smallest absolute Gasteiger partial charge is 0.406 e. The fourth-order valence-corrected chi connectivity index (χ4v) is 2.20. The van der Waals surface area contributed by atoms with E-state index in [1.807, 2.05) is 0 Å². The number of halogens is 3. The summed E-state index contributed by atoms with van der Waals surface area (Å²) in [6.07, 6.45) is -4.82. The van der Waals surface area contributed by atoms with Crippen molar-refractivity contribution in [1.82, 2.24) is 4.90 Å². The average Bonchev–Trinajstić information content (AvgIpc) is 2.61. The predicted molar refractivity (Wildman–Crippen MR) is 91.8 cm³/mol. The van der Waals surface area contributed by atoms with Gasteiger partial charge in [-0.3, -0.25) is 19.7 Å². The second-order valence-corrected chi connectivity index (χ2v) is 5.59. The highest BCUT2D eigenvalue weighted by Crippen LogP contribution is 2.24. The lowest BCUT2D eigenvalue weighted by molar-refractivity contribution is -0.384. The highest BCUT2D eigenvalue weighted by molar-refractivity contribution is 5.99. The minimum absolute atomic E-state index is 0.0400. The molecule has 2 rings (SSSR count). The van der Waals surface area contributed by atoms with Gasteiger partial charge >= 0.3 is 6.36 Å². The van der Waals surface area contributed by atoms with E-state index < -0.39 is 28.8 Å². The molecule has 0 saturated carbocycles. The van der Waals surface area contributed by atoms with E-state index in [0.29, 0.717) is 0 Å². The van der Waals surface area contributed by atoms with Gasteiger partial charge in [0, 0.05) is 30.4 Å². The SMILES string of the molecule is CN(CC(=O)Nc1ccc(OC(F)(F)F)cc1)C(=O)c1cccc([N+](=O)[O-])c1. The van der Waals surface area contributed by atoms with Crippen molar-refractivity contribution in [3.05, 3.63) is 64.2 Å². The Kier molecular flexibility index (Phi) is 6.18. The van der Waals surface area contributed by atoms with Gasteiger partial charge in [0.2, 0.25) is 5.91 Å². The Bertz CT molecular complexity index is 884. The monoisotopic (exact) mass is 397 g/mol.